The third-order valence-corrected chi connectivity index (χ3v) is 3.72. The number of likely N-dealkylation sites (N-methyl/N-ethyl adjacent to an activating group) is 1. The lowest BCUT2D eigenvalue weighted by atomic mass is 10.2. The van der Waals surface area contributed by atoms with E-state index in [0.29, 0.717) is 26.3 Å². The van der Waals surface area contributed by atoms with Crippen molar-refractivity contribution in [1.29, 1.82) is 0 Å². The zero-order valence-electron chi connectivity index (χ0n) is 14.8. The van der Waals surface area contributed by atoms with Crippen LogP contribution in [0.3, 0.4) is 0 Å². The quantitative estimate of drug-likeness (QED) is 0.722. The van der Waals surface area contributed by atoms with Crippen LogP contribution in [0.25, 0.3) is 0 Å². The van der Waals surface area contributed by atoms with Gasteiger partial charge in [0.2, 0.25) is 0 Å². The molecule has 0 aliphatic rings. The normalized spacial score (nSPS) is 10.5. The number of hydrogen-bond donors (Lipinski definition) is 0. The Hall–Kier alpha value is -2.67. The fourth-order valence-electron chi connectivity index (χ4n) is 2.21. The van der Waals surface area contributed by atoms with E-state index in [-0.39, 0.29) is 17.2 Å². The molecule has 0 saturated carbocycles. The largest absolute Gasteiger partial charge is 0.491 e. The molecule has 7 nitrogen and oxygen atoms in total. The molecule has 0 saturated heterocycles. The minimum atomic E-state index is -0.265. The molecule has 1 amide bonds. The Kier molecular flexibility index (Phi) is 6.71. The van der Waals surface area contributed by atoms with Crippen LogP contribution in [0.15, 0.2) is 41.2 Å². The highest BCUT2D eigenvalue weighted by molar-refractivity contribution is 5.91. The number of carbonyl (C=O) groups excluding carboxylic acids is 1. The molecule has 0 fully saturated rings. The highest BCUT2D eigenvalue weighted by Crippen LogP contribution is 2.15. The van der Waals surface area contributed by atoms with Crippen LogP contribution in [-0.4, -0.2) is 54.5 Å². The second-order valence-corrected chi connectivity index (χ2v) is 5.61. The van der Waals surface area contributed by atoms with Gasteiger partial charge in [0.05, 0.1) is 19.7 Å². The summed E-state index contributed by atoms with van der Waals surface area (Å²) in [5.74, 6) is 0.536. The van der Waals surface area contributed by atoms with E-state index in [0.717, 1.165) is 11.3 Å². The number of rotatable bonds is 8. The van der Waals surface area contributed by atoms with E-state index in [9.17, 15) is 9.59 Å². The number of para-hydroxylation sites is 1. The third kappa shape index (κ3) is 5.15. The SMILES string of the molecule is COCCn1nc(C(=O)N(C)CCOc2ccccc2C)ccc1=O. The van der Waals surface area contributed by atoms with Crippen molar-refractivity contribution in [3.63, 3.8) is 0 Å². The van der Waals surface area contributed by atoms with Crippen molar-refractivity contribution in [2.24, 2.45) is 0 Å². The Morgan fingerprint density at radius 2 is 1.96 bits per heavy atom. The molecule has 0 unspecified atom stereocenters. The molecular formula is C18H23N3O4. The Labute approximate surface area is 146 Å². The van der Waals surface area contributed by atoms with E-state index in [1.54, 1.807) is 14.2 Å². The van der Waals surface area contributed by atoms with Gasteiger partial charge in [0, 0.05) is 20.2 Å². The first-order valence-corrected chi connectivity index (χ1v) is 8.04. The predicted molar refractivity (Wildman–Crippen MR) is 94.0 cm³/mol. The van der Waals surface area contributed by atoms with Crippen molar-refractivity contribution >= 4 is 5.91 Å². The lowest BCUT2D eigenvalue weighted by Crippen LogP contribution is -2.34. The van der Waals surface area contributed by atoms with Gasteiger partial charge in [-0.25, -0.2) is 4.68 Å². The number of aryl methyl sites for hydroxylation is 1. The van der Waals surface area contributed by atoms with E-state index in [1.807, 2.05) is 31.2 Å². The fraction of sp³-hybridized carbons (Fsp3) is 0.389. The van der Waals surface area contributed by atoms with E-state index in [1.165, 1.54) is 21.7 Å². The van der Waals surface area contributed by atoms with Crippen molar-refractivity contribution in [1.82, 2.24) is 14.7 Å². The van der Waals surface area contributed by atoms with Crippen molar-refractivity contribution in [2.45, 2.75) is 13.5 Å². The third-order valence-electron chi connectivity index (χ3n) is 3.72. The molecule has 1 aromatic carbocycles. The Bertz CT molecular complexity index is 773. The summed E-state index contributed by atoms with van der Waals surface area (Å²) in [6, 6.07) is 10.5. The lowest BCUT2D eigenvalue weighted by molar-refractivity contribution is 0.0764. The van der Waals surface area contributed by atoms with Gasteiger partial charge in [0.15, 0.2) is 0 Å². The van der Waals surface area contributed by atoms with Crippen LogP contribution in [0, 0.1) is 6.92 Å². The van der Waals surface area contributed by atoms with Crippen LogP contribution in [0.4, 0.5) is 0 Å². The zero-order chi connectivity index (χ0) is 18.2. The summed E-state index contributed by atoms with van der Waals surface area (Å²) in [6.07, 6.45) is 0. The number of methoxy groups -OCH3 is 1. The molecule has 0 aliphatic heterocycles. The second-order valence-electron chi connectivity index (χ2n) is 5.61. The fourth-order valence-corrected chi connectivity index (χ4v) is 2.21. The molecule has 1 heterocycles. The molecule has 0 aliphatic carbocycles. The van der Waals surface area contributed by atoms with Gasteiger partial charge in [-0.1, -0.05) is 18.2 Å². The standard InChI is InChI=1S/C18H23N3O4/c1-14-6-4-5-7-16(14)25-13-10-20(2)18(23)15-8-9-17(22)21(19-15)11-12-24-3/h4-9H,10-13H2,1-3H3. The maximum atomic E-state index is 12.5. The van der Waals surface area contributed by atoms with Crippen LogP contribution in [0.1, 0.15) is 16.1 Å². The predicted octanol–water partition coefficient (Wildman–Crippen LogP) is 1.35. The van der Waals surface area contributed by atoms with Crippen LogP contribution in [-0.2, 0) is 11.3 Å². The molecule has 134 valence electrons. The topological polar surface area (TPSA) is 73.7 Å². The maximum Gasteiger partial charge on any atom is 0.274 e. The molecule has 1 aromatic heterocycles. The van der Waals surface area contributed by atoms with E-state index >= 15 is 0 Å². The summed E-state index contributed by atoms with van der Waals surface area (Å²) < 4.78 is 11.9. The number of benzene rings is 1. The summed E-state index contributed by atoms with van der Waals surface area (Å²) in [6.45, 7) is 3.40. The molecule has 0 bridgehead atoms. The molecule has 7 heteroatoms. The van der Waals surface area contributed by atoms with Crippen LogP contribution >= 0.6 is 0 Å². The molecule has 0 atom stereocenters. The van der Waals surface area contributed by atoms with Crippen LogP contribution < -0.4 is 10.3 Å². The van der Waals surface area contributed by atoms with Crippen LogP contribution in [0.5, 0.6) is 5.75 Å². The Balaban J connectivity index is 1.95. The number of amides is 1. The number of aromatic nitrogens is 2. The molecule has 2 rings (SSSR count). The summed E-state index contributed by atoms with van der Waals surface area (Å²) >= 11 is 0. The number of ether oxygens (including phenoxy) is 2. The van der Waals surface area contributed by atoms with Gasteiger partial charge < -0.3 is 14.4 Å². The first kappa shape index (κ1) is 18.7. The Morgan fingerprint density at radius 1 is 1.20 bits per heavy atom. The van der Waals surface area contributed by atoms with Gasteiger partial charge in [-0.2, -0.15) is 5.10 Å². The van der Waals surface area contributed by atoms with E-state index in [2.05, 4.69) is 5.10 Å². The maximum absolute atomic E-state index is 12.5. The molecule has 0 N–H and O–H groups in total. The second kappa shape index (κ2) is 8.98. The van der Waals surface area contributed by atoms with Crippen molar-refractivity contribution in [3.8, 4) is 5.75 Å². The highest BCUT2D eigenvalue weighted by Gasteiger charge is 2.15. The smallest absolute Gasteiger partial charge is 0.274 e. The number of carbonyl (C=O) groups is 1. The van der Waals surface area contributed by atoms with Gasteiger partial charge in [0.25, 0.3) is 11.5 Å². The molecular weight excluding hydrogens is 322 g/mol. The van der Waals surface area contributed by atoms with Gasteiger partial charge in [-0.3, -0.25) is 9.59 Å². The average molecular weight is 345 g/mol. The Morgan fingerprint density at radius 3 is 2.68 bits per heavy atom. The van der Waals surface area contributed by atoms with Crippen molar-refractivity contribution in [3.05, 3.63) is 58.0 Å². The number of nitrogens with zero attached hydrogens (tertiary/aromatic N) is 3. The molecule has 0 radical (unpaired) electrons. The molecule has 25 heavy (non-hydrogen) atoms. The van der Waals surface area contributed by atoms with Gasteiger partial charge in [0.1, 0.15) is 18.1 Å². The van der Waals surface area contributed by atoms with Crippen molar-refractivity contribution in [2.75, 3.05) is 33.9 Å². The summed E-state index contributed by atoms with van der Waals surface area (Å²) in [4.78, 5) is 25.7. The lowest BCUT2D eigenvalue weighted by Gasteiger charge is -2.18. The first-order chi connectivity index (χ1) is 12.0. The van der Waals surface area contributed by atoms with Crippen LogP contribution in [0.2, 0.25) is 0 Å². The average Bonchev–Trinajstić information content (AvgIpc) is 2.62. The monoisotopic (exact) mass is 345 g/mol. The summed E-state index contributed by atoms with van der Waals surface area (Å²) in [5, 5.41) is 4.10. The first-order valence-electron chi connectivity index (χ1n) is 8.04. The zero-order valence-corrected chi connectivity index (χ0v) is 14.8. The molecule has 2 aromatic rings. The minimum Gasteiger partial charge on any atom is -0.491 e. The van der Waals surface area contributed by atoms with Gasteiger partial charge >= 0.3 is 0 Å². The highest BCUT2D eigenvalue weighted by atomic mass is 16.5. The molecule has 0 spiro atoms. The minimum absolute atomic E-state index is 0.217. The summed E-state index contributed by atoms with van der Waals surface area (Å²) in [7, 11) is 3.22. The van der Waals surface area contributed by atoms with Crippen molar-refractivity contribution < 1.29 is 14.3 Å². The summed E-state index contributed by atoms with van der Waals surface area (Å²) in [5.41, 5.74) is 0.997. The van der Waals surface area contributed by atoms with Gasteiger partial charge in [-0.05, 0) is 24.6 Å². The van der Waals surface area contributed by atoms with E-state index in [4.69, 9.17) is 9.47 Å². The van der Waals surface area contributed by atoms with E-state index < -0.39 is 0 Å². The van der Waals surface area contributed by atoms with Gasteiger partial charge in [-0.15, -0.1) is 0 Å². The number of hydrogen-bond acceptors (Lipinski definition) is 5.